The minimum Gasteiger partial charge on any atom is -0.154 e. The van der Waals surface area contributed by atoms with Crippen LogP contribution in [0.5, 0.6) is 0 Å². The van der Waals surface area contributed by atoms with Crippen molar-refractivity contribution in [1.29, 1.82) is 0 Å². The molecule has 0 aromatic heterocycles. The first-order valence-corrected chi connectivity index (χ1v) is 5.94. The minimum atomic E-state index is 0.779. The fourth-order valence-electron chi connectivity index (χ4n) is 1.04. The number of rotatable bonds is 4. The van der Waals surface area contributed by atoms with Crippen LogP contribution in [0, 0.1) is 6.92 Å². The van der Waals surface area contributed by atoms with Crippen LogP contribution in [0.4, 0.5) is 0 Å². The molecule has 0 N–H and O–H groups in total. The Morgan fingerprint density at radius 2 is 1.85 bits per heavy atom. The lowest BCUT2D eigenvalue weighted by Gasteiger charge is -2.07. The van der Waals surface area contributed by atoms with E-state index < -0.39 is 0 Å². The lowest BCUT2D eigenvalue weighted by molar-refractivity contribution is 0.905. The van der Waals surface area contributed by atoms with E-state index in [-0.39, 0.29) is 0 Å². The second-order valence-corrected chi connectivity index (χ2v) is 4.94. The molecule has 0 amide bonds. The van der Waals surface area contributed by atoms with Gasteiger partial charge >= 0.3 is 0 Å². The summed E-state index contributed by atoms with van der Waals surface area (Å²) >= 11 is 2.04. The Morgan fingerprint density at radius 1 is 1.23 bits per heavy atom. The van der Waals surface area contributed by atoms with Gasteiger partial charge < -0.3 is 0 Å². The van der Waals surface area contributed by atoms with Crippen LogP contribution >= 0.6 is 11.8 Å². The van der Waals surface area contributed by atoms with Crippen molar-refractivity contribution in [2.45, 2.75) is 38.2 Å². The molecule has 0 spiro atoms. The lowest BCUT2D eigenvalue weighted by Crippen LogP contribution is -1.93. The van der Waals surface area contributed by atoms with Gasteiger partial charge in [0.1, 0.15) is 0 Å². The molecule has 1 aromatic rings. The second-order valence-electron chi connectivity index (χ2n) is 3.52. The Hall–Kier alpha value is -0.430. The number of hydrogen-bond donors (Lipinski definition) is 0. The first kappa shape index (κ1) is 10.6. The molecule has 0 aliphatic rings. The molecular weight excluding hydrogens is 176 g/mol. The third-order valence-electron chi connectivity index (χ3n) is 2.23. The van der Waals surface area contributed by atoms with Crippen LogP contribution in [0.3, 0.4) is 0 Å². The van der Waals surface area contributed by atoms with Gasteiger partial charge in [-0.3, -0.25) is 0 Å². The summed E-state index contributed by atoms with van der Waals surface area (Å²) in [7, 11) is 0. The average molecular weight is 194 g/mol. The highest BCUT2D eigenvalue weighted by Crippen LogP contribution is 2.19. The molecule has 0 fully saturated rings. The molecule has 0 saturated carbocycles. The summed E-state index contributed by atoms with van der Waals surface area (Å²) in [5.74, 6) is 1.15. The zero-order valence-corrected chi connectivity index (χ0v) is 9.53. The number of hydrogen-bond acceptors (Lipinski definition) is 1. The second kappa shape index (κ2) is 5.33. The first-order chi connectivity index (χ1) is 6.22. The molecular formula is C12H18S. The summed E-state index contributed by atoms with van der Waals surface area (Å²) < 4.78 is 0. The van der Waals surface area contributed by atoms with Crippen molar-refractivity contribution < 1.29 is 0 Å². The van der Waals surface area contributed by atoms with Gasteiger partial charge in [-0.2, -0.15) is 11.8 Å². The standard InChI is InChI=1S/C12H18S/c1-4-11(3)13-9-12-7-5-10(2)6-8-12/h5-8,11H,4,9H2,1-3H3. The average Bonchev–Trinajstić information content (AvgIpc) is 2.16. The molecule has 0 radical (unpaired) electrons. The normalized spacial score (nSPS) is 12.8. The van der Waals surface area contributed by atoms with E-state index in [9.17, 15) is 0 Å². The maximum absolute atomic E-state index is 2.29. The summed E-state index contributed by atoms with van der Waals surface area (Å²) in [5.41, 5.74) is 2.79. The van der Waals surface area contributed by atoms with Crippen LogP contribution in [-0.4, -0.2) is 5.25 Å². The smallest absolute Gasteiger partial charge is 0.0187 e. The number of benzene rings is 1. The SMILES string of the molecule is CCC(C)SCc1ccc(C)cc1. The topological polar surface area (TPSA) is 0 Å². The van der Waals surface area contributed by atoms with Crippen molar-refractivity contribution in [3.63, 3.8) is 0 Å². The highest BCUT2D eigenvalue weighted by Gasteiger charge is 1.99. The predicted molar refractivity (Wildman–Crippen MR) is 62.2 cm³/mol. The van der Waals surface area contributed by atoms with Crippen LogP contribution in [0.15, 0.2) is 24.3 Å². The Morgan fingerprint density at radius 3 is 2.38 bits per heavy atom. The Balaban J connectivity index is 2.41. The Labute approximate surface area is 85.7 Å². The van der Waals surface area contributed by atoms with Gasteiger partial charge in [0.2, 0.25) is 0 Å². The van der Waals surface area contributed by atoms with E-state index >= 15 is 0 Å². The van der Waals surface area contributed by atoms with Crippen molar-refractivity contribution in [2.24, 2.45) is 0 Å². The van der Waals surface area contributed by atoms with Gasteiger partial charge in [0, 0.05) is 11.0 Å². The van der Waals surface area contributed by atoms with Crippen LogP contribution in [0.25, 0.3) is 0 Å². The third-order valence-corrected chi connectivity index (χ3v) is 3.63. The van der Waals surface area contributed by atoms with Gasteiger partial charge in [0.15, 0.2) is 0 Å². The third kappa shape index (κ3) is 3.86. The summed E-state index contributed by atoms with van der Waals surface area (Å²) in [6.07, 6.45) is 1.26. The molecule has 0 heterocycles. The zero-order valence-electron chi connectivity index (χ0n) is 8.71. The van der Waals surface area contributed by atoms with Crippen LogP contribution in [-0.2, 0) is 5.75 Å². The maximum atomic E-state index is 2.29. The summed E-state index contributed by atoms with van der Waals surface area (Å²) in [4.78, 5) is 0. The fraction of sp³-hybridized carbons (Fsp3) is 0.500. The molecule has 0 bridgehead atoms. The van der Waals surface area contributed by atoms with Crippen LogP contribution in [0.1, 0.15) is 31.4 Å². The number of thioether (sulfide) groups is 1. The molecule has 1 heteroatoms. The monoisotopic (exact) mass is 194 g/mol. The minimum absolute atomic E-state index is 0.779. The van der Waals surface area contributed by atoms with Gasteiger partial charge in [0.05, 0.1) is 0 Å². The highest BCUT2D eigenvalue weighted by molar-refractivity contribution is 7.99. The van der Waals surface area contributed by atoms with Gasteiger partial charge in [-0.15, -0.1) is 0 Å². The summed E-state index contributed by atoms with van der Waals surface area (Å²) in [5, 5.41) is 0.779. The quantitative estimate of drug-likeness (QED) is 0.697. The molecule has 13 heavy (non-hydrogen) atoms. The van der Waals surface area contributed by atoms with E-state index in [1.54, 1.807) is 0 Å². The largest absolute Gasteiger partial charge is 0.154 e. The summed E-state index contributed by atoms with van der Waals surface area (Å²) in [6, 6.07) is 8.83. The zero-order chi connectivity index (χ0) is 9.68. The van der Waals surface area contributed by atoms with Crippen LogP contribution in [0.2, 0.25) is 0 Å². The Kier molecular flexibility index (Phi) is 4.37. The molecule has 0 aliphatic heterocycles. The van der Waals surface area contributed by atoms with E-state index in [2.05, 4.69) is 45.0 Å². The van der Waals surface area contributed by atoms with Gasteiger partial charge in [-0.05, 0) is 18.9 Å². The first-order valence-electron chi connectivity index (χ1n) is 4.89. The van der Waals surface area contributed by atoms with E-state index in [1.807, 2.05) is 11.8 Å². The molecule has 1 unspecified atom stereocenters. The van der Waals surface area contributed by atoms with Crippen molar-refractivity contribution >= 4 is 11.8 Å². The Bertz CT molecular complexity index is 238. The van der Waals surface area contributed by atoms with E-state index in [4.69, 9.17) is 0 Å². The molecule has 72 valence electrons. The predicted octanol–water partition coefficient (Wildman–Crippen LogP) is 4.03. The van der Waals surface area contributed by atoms with Crippen molar-refractivity contribution in [1.82, 2.24) is 0 Å². The van der Waals surface area contributed by atoms with Crippen LogP contribution < -0.4 is 0 Å². The van der Waals surface area contributed by atoms with Gasteiger partial charge in [-0.1, -0.05) is 43.7 Å². The molecule has 1 aromatic carbocycles. The van der Waals surface area contributed by atoms with Gasteiger partial charge in [0.25, 0.3) is 0 Å². The molecule has 0 aliphatic carbocycles. The van der Waals surface area contributed by atoms with Crippen molar-refractivity contribution in [2.75, 3.05) is 0 Å². The molecule has 0 saturated heterocycles. The molecule has 1 atom stereocenters. The van der Waals surface area contributed by atoms with Crippen molar-refractivity contribution in [3.8, 4) is 0 Å². The van der Waals surface area contributed by atoms with E-state index in [1.165, 1.54) is 17.5 Å². The maximum Gasteiger partial charge on any atom is 0.0187 e. The number of aryl methyl sites for hydroxylation is 1. The lowest BCUT2D eigenvalue weighted by atomic mass is 10.2. The van der Waals surface area contributed by atoms with Crippen molar-refractivity contribution in [3.05, 3.63) is 35.4 Å². The highest BCUT2D eigenvalue weighted by atomic mass is 32.2. The van der Waals surface area contributed by atoms with Gasteiger partial charge in [-0.25, -0.2) is 0 Å². The molecule has 1 rings (SSSR count). The molecule has 0 nitrogen and oxygen atoms in total. The van der Waals surface area contributed by atoms with E-state index in [0.717, 1.165) is 11.0 Å². The summed E-state index contributed by atoms with van der Waals surface area (Å²) in [6.45, 7) is 6.66. The fourth-order valence-corrected chi connectivity index (χ4v) is 1.95. The van der Waals surface area contributed by atoms with E-state index in [0.29, 0.717) is 0 Å².